The average Bonchev–Trinajstić information content (AvgIpc) is 2.67. The van der Waals surface area contributed by atoms with E-state index in [0.717, 1.165) is 17.5 Å². The Balaban J connectivity index is 2.41. The fourth-order valence-electron chi connectivity index (χ4n) is 1.66. The maximum absolute atomic E-state index is 13.3. The summed E-state index contributed by atoms with van der Waals surface area (Å²) in [6.45, 7) is 1.93. The van der Waals surface area contributed by atoms with Gasteiger partial charge in [-0.25, -0.2) is 4.39 Å². The van der Waals surface area contributed by atoms with Gasteiger partial charge in [-0.15, -0.1) is 0 Å². The van der Waals surface area contributed by atoms with Crippen molar-refractivity contribution >= 4 is 0 Å². The molecule has 1 aromatic rings. The number of nitrogens with two attached hydrogens (primary N) is 1. The number of hydrogen-bond donors (Lipinski definition) is 1. The third-order valence-electron chi connectivity index (χ3n) is 2.48. The average molecular weight is 165 g/mol. The molecule has 0 aliphatic heterocycles. The summed E-state index contributed by atoms with van der Waals surface area (Å²) in [6.07, 6.45) is 0.932. The minimum Gasteiger partial charge on any atom is -0.327 e. The van der Waals surface area contributed by atoms with Crippen LogP contribution in [0.4, 0.5) is 4.39 Å². The smallest absolute Gasteiger partial charge is 0.127 e. The Hall–Kier alpha value is -0.890. The second-order valence-corrected chi connectivity index (χ2v) is 3.48. The Bertz CT molecular complexity index is 288. The van der Waals surface area contributed by atoms with Crippen LogP contribution in [0.2, 0.25) is 0 Å². The first-order valence-corrected chi connectivity index (χ1v) is 4.20. The highest BCUT2D eigenvalue weighted by Gasteiger charge is 2.37. The van der Waals surface area contributed by atoms with Crippen molar-refractivity contribution in [2.24, 2.45) is 5.73 Å². The van der Waals surface area contributed by atoms with Crippen molar-refractivity contribution < 1.29 is 4.39 Å². The lowest BCUT2D eigenvalue weighted by Crippen LogP contribution is -2.03. The monoisotopic (exact) mass is 165 g/mol. The number of halogens is 1. The van der Waals surface area contributed by atoms with E-state index in [0.29, 0.717) is 0 Å². The van der Waals surface area contributed by atoms with Crippen LogP contribution in [0.15, 0.2) is 18.2 Å². The van der Waals surface area contributed by atoms with Gasteiger partial charge in [-0.05, 0) is 30.5 Å². The lowest BCUT2D eigenvalue weighted by molar-refractivity contribution is 0.607. The first-order valence-electron chi connectivity index (χ1n) is 4.20. The van der Waals surface area contributed by atoms with Gasteiger partial charge < -0.3 is 5.73 Å². The van der Waals surface area contributed by atoms with Gasteiger partial charge in [0.25, 0.3) is 0 Å². The normalized spacial score (nSPS) is 27.2. The number of benzene rings is 1. The maximum atomic E-state index is 13.3. The van der Waals surface area contributed by atoms with E-state index in [1.807, 2.05) is 13.0 Å². The summed E-state index contributed by atoms with van der Waals surface area (Å²) in [5, 5.41) is 0. The van der Waals surface area contributed by atoms with Gasteiger partial charge >= 0.3 is 0 Å². The van der Waals surface area contributed by atoms with Gasteiger partial charge in [0.1, 0.15) is 5.82 Å². The van der Waals surface area contributed by atoms with Gasteiger partial charge in [0.2, 0.25) is 0 Å². The van der Waals surface area contributed by atoms with Crippen molar-refractivity contribution in [3.8, 4) is 0 Å². The molecular formula is C10H12FN. The second-order valence-electron chi connectivity index (χ2n) is 3.48. The zero-order valence-corrected chi connectivity index (χ0v) is 7.05. The largest absolute Gasteiger partial charge is 0.327 e. The van der Waals surface area contributed by atoms with Crippen LogP contribution in [0.3, 0.4) is 0 Å². The van der Waals surface area contributed by atoms with E-state index in [9.17, 15) is 4.39 Å². The summed E-state index contributed by atoms with van der Waals surface area (Å²) < 4.78 is 13.3. The molecule has 1 aromatic carbocycles. The SMILES string of the molecule is Cc1cccc(F)c1C1CC1N. The van der Waals surface area contributed by atoms with Crippen molar-refractivity contribution in [1.29, 1.82) is 0 Å². The molecule has 1 aliphatic carbocycles. The summed E-state index contributed by atoms with van der Waals surface area (Å²) >= 11 is 0. The van der Waals surface area contributed by atoms with Crippen molar-refractivity contribution in [1.82, 2.24) is 0 Å². The Kier molecular flexibility index (Phi) is 1.65. The zero-order valence-electron chi connectivity index (χ0n) is 7.05. The van der Waals surface area contributed by atoms with Crippen LogP contribution in [0.25, 0.3) is 0 Å². The molecule has 1 nitrogen and oxygen atoms in total. The minimum absolute atomic E-state index is 0.104. The third kappa shape index (κ3) is 1.12. The molecule has 1 saturated carbocycles. The summed E-state index contributed by atoms with van der Waals surface area (Å²) in [7, 11) is 0. The molecule has 2 rings (SSSR count). The molecule has 64 valence electrons. The lowest BCUT2D eigenvalue weighted by atomic mass is 10.0. The Labute approximate surface area is 71.4 Å². The summed E-state index contributed by atoms with van der Waals surface area (Å²) in [4.78, 5) is 0. The van der Waals surface area contributed by atoms with Crippen molar-refractivity contribution in [2.75, 3.05) is 0 Å². The molecule has 2 heteroatoms. The van der Waals surface area contributed by atoms with Crippen molar-refractivity contribution in [2.45, 2.75) is 25.3 Å². The first kappa shape index (κ1) is 7.74. The van der Waals surface area contributed by atoms with E-state index in [4.69, 9.17) is 5.73 Å². The highest BCUT2D eigenvalue weighted by Crippen LogP contribution is 2.41. The highest BCUT2D eigenvalue weighted by molar-refractivity contribution is 5.35. The fourth-order valence-corrected chi connectivity index (χ4v) is 1.66. The maximum Gasteiger partial charge on any atom is 0.127 e. The van der Waals surface area contributed by atoms with Gasteiger partial charge in [-0.1, -0.05) is 12.1 Å². The molecule has 0 spiro atoms. The fraction of sp³-hybridized carbons (Fsp3) is 0.400. The van der Waals surface area contributed by atoms with Gasteiger partial charge in [0.05, 0.1) is 0 Å². The van der Waals surface area contributed by atoms with Crippen LogP contribution in [0, 0.1) is 12.7 Å². The standard InChI is InChI=1S/C10H12FN/c1-6-3-2-4-8(11)10(6)7-5-9(7)12/h2-4,7,9H,5,12H2,1H3. The predicted molar refractivity (Wildman–Crippen MR) is 46.5 cm³/mol. The van der Waals surface area contributed by atoms with Gasteiger partial charge in [0, 0.05) is 12.0 Å². The molecule has 0 aromatic heterocycles. The van der Waals surface area contributed by atoms with Crippen LogP contribution in [0.5, 0.6) is 0 Å². The van der Waals surface area contributed by atoms with Crippen molar-refractivity contribution in [3.05, 3.63) is 35.1 Å². The number of aryl methyl sites for hydroxylation is 1. The lowest BCUT2D eigenvalue weighted by Gasteiger charge is -2.04. The van der Waals surface area contributed by atoms with Gasteiger partial charge in [-0.2, -0.15) is 0 Å². The zero-order chi connectivity index (χ0) is 8.72. The predicted octanol–water partition coefficient (Wildman–Crippen LogP) is 1.95. The van der Waals surface area contributed by atoms with E-state index in [1.54, 1.807) is 6.07 Å². The second kappa shape index (κ2) is 2.56. The Morgan fingerprint density at radius 2 is 2.17 bits per heavy atom. The molecule has 1 fully saturated rings. The summed E-state index contributed by atoms with van der Waals surface area (Å²) in [5.41, 5.74) is 7.51. The summed E-state index contributed by atoms with van der Waals surface area (Å²) in [6, 6.07) is 5.36. The van der Waals surface area contributed by atoms with E-state index in [1.165, 1.54) is 6.07 Å². The first-order chi connectivity index (χ1) is 5.70. The molecule has 2 atom stereocenters. The molecule has 0 heterocycles. The summed E-state index contributed by atoms with van der Waals surface area (Å²) in [5.74, 6) is 0.166. The van der Waals surface area contributed by atoms with Crippen molar-refractivity contribution in [3.63, 3.8) is 0 Å². The minimum atomic E-state index is -0.104. The van der Waals surface area contributed by atoms with Crippen LogP contribution in [-0.4, -0.2) is 6.04 Å². The van der Waals surface area contributed by atoms with Crippen LogP contribution in [0.1, 0.15) is 23.5 Å². The Morgan fingerprint density at radius 3 is 2.67 bits per heavy atom. The quantitative estimate of drug-likeness (QED) is 0.676. The topological polar surface area (TPSA) is 26.0 Å². The van der Waals surface area contributed by atoms with E-state index < -0.39 is 0 Å². The van der Waals surface area contributed by atoms with Crippen LogP contribution in [-0.2, 0) is 0 Å². The van der Waals surface area contributed by atoms with E-state index >= 15 is 0 Å². The molecule has 2 unspecified atom stereocenters. The number of rotatable bonds is 1. The molecular weight excluding hydrogens is 153 g/mol. The molecule has 0 radical (unpaired) electrons. The van der Waals surface area contributed by atoms with Gasteiger partial charge in [-0.3, -0.25) is 0 Å². The van der Waals surface area contributed by atoms with Crippen LogP contribution >= 0.6 is 0 Å². The molecule has 0 bridgehead atoms. The van der Waals surface area contributed by atoms with E-state index in [-0.39, 0.29) is 17.8 Å². The molecule has 12 heavy (non-hydrogen) atoms. The number of hydrogen-bond acceptors (Lipinski definition) is 1. The Morgan fingerprint density at radius 1 is 1.50 bits per heavy atom. The third-order valence-corrected chi connectivity index (χ3v) is 2.48. The van der Waals surface area contributed by atoms with Gasteiger partial charge in [0.15, 0.2) is 0 Å². The molecule has 2 N–H and O–H groups in total. The van der Waals surface area contributed by atoms with Crippen LogP contribution < -0.4 is 5.73 Å². The molecule has 0 amide bonds. The molecule has 1 aliphatic rings. The van der Waals surface area contributed by atoms with E-state index in [2.05, 4.69) is 0 Å². The molecule has 0 saturated heterocycles. The highest BCUT2D eigenvalue weighted by atomic mass is 19.1.